The van der Waals surface area contributed by atoms with Gasteiger partial charge in [-0.05, 0) is 31.9 Å². The van der Waals surface area contributed by atoms with Gasteiger partial charge in [-0.25, -0.2) is 0 Å². The van der Waals surface area contributed by atoms with Gasteiger partial charge in [0.1, 0.15) is 0 Å². The van der Waals surface area contributed by atoms with Crippen LogP contribution in [-0.4, -0.2) is 18.8 Å². The molecule has 1 aliphatic heterocycles. The molecular weight excluding hydrogens is 188 g/mol. The van der Waals surface area contributed by atoms with E-state index in [1.165, 1.54) is 0 Å². The van der Waals surface area contributed by atoms with Gasteiger partial charge >= 0.3 is 0 Å². The number of hydrogen-bond acceptors (Lipinski definition) is 3. The van der Waals surface area contributed by atoms with Crippen LogP contribution in [0.2, 0.25) is 0 Å². The van der Waals surface area contributed by atoms with E-state index < -0.39 is 0 Å². The molecule has 0 bridgehead atoms. The summed E-state index contributed by atoms with van der Waals surface area (Å²) in [7, 11) is 0. The lowest BCUT2D eigenvalue weighted by atomic mass is 10.0. The van der Waals surface area contributed by atoms with Crippen LogP contribution < -0.4 is 11.1 Å². The summed E-state index contributed by atoms with van der Waals surface area (Å²) in [4.78, 5) is 0. The van der Waals surface area contributed by atoms with Crippen LogP contribution in [0.4, 0.5) is 11.4 Å². The van der Waals surface area contributed by atoms with E-state index in [1.807, 2.05) is 24.3 Å². The molecule has 82 valence electrons. The van der Waals surface area contributed by atoms with Gasteiger partial charge in [0, 0.05) is 12.6 Å². The summed E-state index contributed by atoms with van der Waals surface area (Å²) in [6, 6.07) is 8.38. The molecule has 3 N–H and O–H groups in total. The SMILES string of the molecule is CC1CC(Nc2ccccc2N)CCO1. The van der Waals surface area contributed by atoms with Crippen molar-refractivity contribution < 1.29 is 4.74 Å². The number of ether oxygens (including phenoxy) is 1. The maximum atomic E-state index is 5.88. The van der Waals surface area contributed by atoms with Crippen LogP contribution in [0.5, 0.6) is 0 Å². The molecule has 2 rings (SSSR count). The second-order valence-electron chi connectivity index (χ2n) is 4.13. The van der Waals surface area contributed by atoms with Gasteiger partial charge in [-0.15, -0.1) is 0 Å². The van der Waals surface area contributed by atoms with Gasteiger partial charge in [0.05, 0.1) is 17.5 Å². The highest BCUT2D eigenvalue weighted by molar-refractivity contribution is 5.65. The molecule has 0 amide bonds. The fourth-order valence-electron chi connectivity index (χ4n) is 1.98. The number of rotatable bonds is 2. The van der Waals surface area contributed by atoms with Crippen molar-refractivity contribution in [2.24, 2.45) is 0 Å². The largest absolute Gasteiger partial charge is 0.397 e. The number of para-hydroxylation sites is 2. The summed E-state index contributed by atoms with van der Waals surface area (Å²) >= 11 is 0. The first-order chi connectivity index (χ1) is 7.25. The van der Waals surface area contributed by atoms with Crippen molar-refractivity contribution in [2.75, 3.05) is 17.7 Å². The Kier molecular flexibility index (Phi) is 3.11. The fourth-order valence-corrected chi connectivity index (χ4v) is 1.98. The summed E-state index contributed by atoms with van der Waals surface area (Å²) < 4.78 is 5.50. The Balaban J connectivity index is 1.99. The highest BCUT2D eigenvalue weighted by atomic mass is 16.5. The smallest absolute Gasteiger partial charge is 0.0576 e. The Morgan fingerprint density at radius 2 is 2.20 bits per heavy atom. The molecule has 1 aliphatic rings. The lowest BCUT2D eigenvalue weighted by Gasteiger charge is -2.29. The summed E-state index contributed by atoms with van der Waals surface area (Å²) in [6.45, 7) is 2.95. The number of hydrogen-bond donors (Lipinski definition) is 2. The Morgan fingerprint density at radius 1 is 1.40 bits per heavy atom. The Labute approximate surface area is 90.6 Å². The molecule has 3 heteroatoms. The van der Waals surface area contributed by atoms with E-state index in [2.05, 4.69) is 12.2 Å². The first-order valence-corrected chi connectivity index (χ1v) is 5.48. The van der Waals surface area contributed by atoms with Crippen molar-refractivity contribution in [3.63, 3.8) is 0 Å². The quantitative estimate of drug-likeness (QED) is 0.730. The molecule has 1 heterocycles. The molecule has 0 aromatic heterocycles. The topological polar surface area (TPSA) is 47.3 Å². The zero-order valence-electron chi connectivity index (χ0n) is 9.07. The first-order valence-electron chi connectivity index (χ1n) is 5.48. The lowest BCUT2D eigenvalue weighted by Crippen LogP contribution is -2.32. The standard InChI is InChI=1S/C12H18N2O/c1-9-8-10(6-7-15-9)14-12-5-3-2-4-11(12)13/h2-5,9-10,14H,6-8,13H2,1H3. The molecule has 1 fully saturated rings. The van der Waals surface area contributed by atoms with E-state index in [1.54, 1.807) is 0 Å². The van der Waals surface area contributed by atoms with Gasteiger partial charge in [-0.2, -0.15) is 0 Å². The number of benzene rings is 1. The summed E-state index contributed by atoms with van der Waals surface area (Å²) in [5.74, 6) is 0. The number of nitrogen functional groups attached to an aromatic ring is 1. The van der Waals surface area contributed by atoms with E-state index in [9.17, 15) is 0 Å². The van der Waals surface area contributed by atoms with E-state index in [-0.39, 0.29) is 0 Å². The number of nitrogens with one attached hydrogen (secondary N) is 1. The van der Waals surface area contributed by atoms with E-state index >= 15 is 0 Å². The highest BCUT2D eigenvalue weighted by Gasteiger charge is 2.19. The van der Waals surface area contributed by atoms with Crippen LogP contribution in [0.3, 0.4) is 0 Å². The minimum absolute atomic E-state index is 0.348. The van der Waals surface area contributed by atoms with Gasteiger partial charge in [-0.1, -0.05) is 12.1 Å². The van der Waals surface area contributed by atoms with Crippen LogP contribution in [0.15, 0.2) is 24.3 Å². The predicted molar refractivity (Wildman–Crippen MR) is 62.9 cm³/mol. The van der Waals surface area contributed by atoms with E-state index in [0.717, 1.165) is 30.8 Å². The Bertz CT molecular complexity index is 327. The average molecular weight is 206 g/mol. The van der Waals surface area contributed by atoms with Crippen molar-refractivity contribution >= 4 is 11.4 Å². The molecular formula is C12H18N2O. The van der Waals surface area contributed by atoms with Crippen molar-refractivity contribution in [3.8, 4) is 0 Å². The third-order valence-electron chi connectivity index (χ3n) is 2.81. The van der Waals surface area contributed by atoms with Gasteiger partial charge in [0.25, 0.3) is 0 Å². The predicted octanol–water partition coefficient (Wildman–Crippen LogP) is 2.25. The van der Waals surface area contributed by atoms with Crippen LogP contribution in [-0.2, 0) is 4.74 Å². The maximum absolute atomic E-state index is 5.88. The molecule has 0 spiro atoms. The second kappa shape index (κ2) is 4.53. The van der Waals surface area contributed by atoms with Crippen LogP contribution in [0.1, 0.15) is 19.8 Å². The van der Waals surface area contributed by atoms with Crippen LogP contribution >= 0.6 is 0 Å². The summed E-state index contributed by atoms with van der Waals surface area (Å²) in [6.07, 6.45) is 2.45. The molecule has 15 heavy (non-hydrogen) atoms. The van der Waals surface area contributed by atoms with E-state index in [4.69, 9.17) is 10.5 Å². The van der Waals surface area contributed by atoms with Crippen molar-refractivity contribution in [1.82, 2.24) is 0 Å². The van der Waals surface area contributed by atoms with Gasteiger partial charge in [0.15, 0.2) is 0 Å². The summed E-state index contributed by atoms with van der Waals surface area (Å²) in [5, 5.41) is 3.47. The zero-order chi connectivity index (χ0) is 10.7. The maximum Gasteiger partial charge on any atom is 0.0576 e. The number of anilines is 2. The number of nitrogens with two attached hydrogens (primary N) is 1. The molecule has 2 atom stereocenters. The van der Waals surface area contributed by atoms with E-state index in [0.29, 0.717) is 12.1 Å². The molecule has 0 radical (unpaired) electrons. The molecule has 0 aliphatic carbocycles. The Hall–Kier alpha value is -1.22. The van der Waals surface area contributed by atoms with Gasteiger partial charge < -0.3 is 15.8 Å². The summed E-state index contributed by atoms with van der Waals surface area (Å²) in [5.41, 5.74) is 7.73. The molecule has 1 aromatic rings. The van der Waals surface area contributed by atoms with Crippen LogP contribution in [0, 0.1) is 0 Å². The van der Waals surface area contributed by atoms with Crippen LogP contribution in [0.25, 0.3) is 0 Å². The van der Waals surface area contributed by atoms with Crippen molar-refractivity contribution in [2.45, 2.75) is 31.9 Å². The third kappa shape index (κ3) is 2.63. The molecule has 1 aromatic carbocycles. The third-order valence-corrected chi connectivity index (χ3v) is 2.81. The first kappa shape index (κ1) is 10.3. The molecule has 2 unspecified atom stereocenters. The monoisotopic (exact) mass is 206 g/mol. The highest BCUT2D eigenvalue weighted by Crippen LogP contribution is 2.22. The molecule has 1 saturated heterocycles. The average Bonchev–Trinajstić information content (AvgIpc) is 2.22. The minimum Gasteiger partial charge on any atom is -0.397 e. The molecule has 3 nitrogen and oxygen atoms in total. The normalized spacial score (nSPS) is 26.2. The van der Waals surface area contributed by atoms with Gasteiger partial charge in [-0.3, -0.25) is 0 Å². The second-order valence-corrected chi connectivity index (χ2v) is 4.13. The molecule has 0 saturated carbocycles. The minimum atomic E-state index is 0.348. The fraction of sp³-hybridized carbons (Fsp3) is 0.500. The van der Waals surface area contributed by atoms with Crippen molar-refractivity contribution in [3.05, 3.63) is 24.3 Å². The lowest BCUT2D eigenvalue weighted by molar-refractivity contribution is 0.0232. The Morgan fingerprint density at radius 3 is 2.93 bits per heavy atom. The zero-order valence-corrected chi connectivity index (χ0v) is 9.07. The van der Waals surface area contributed by atoms with Gasteiger partial charge in [0.2, 0.25) is 0 Å². The van der Waals surface area contributed by atoms with Crippen molar-refractivity contribution in [1.29, 1.82) is 0 Å².